The van der Waals surface area contributed by atoms with Crippen molar-refractivity contribution in [3.63, 3.8) is 0 Å². The van der Waals surface area contributed by atoms with Crippen molar-refractivity contribution in [2.24, 2.45) is 9.98 Å². The smallest absolute Gasteiger partial charge is 0.282 e. The highest BCUT2D eigenvalue weighted by Gasteiger charge is 2.35. The van der Waals surface area contributed by atoms with Crippen LogP contribution in [0.3, 0.4) is 0 Å². The van der Waals surface area contributed by atoms with Gasteiger partial charge in [-0.15, -0.1) is 0 Å². The van der Waals surface area contributed by atoms with Gasteiger partial charge in [0.1, 0.15) is 5.70 Å². The Labute approximate surface area is 202 Å². The number of carbonyl (C=O) groups excluding carboxylic acids is 1. The summed E-state index contributed by atoms with van der Waals surface area (Å²) in [5.41, 5.74) is 10.0. The molecule has 2 aliphatic rings. The maximum atomic E-state index is 14.9. The van der Waals surface area contributed by atoms with E-state index in [1.165, 1.54) is 17.2 Å². The Morgan fingerprint density at radius 1 is 1.00 bits per heavy atom. The second kappa shape index (κ2) is 9.48. The fraction of sp³-hybridized carbons (Fsp3) is 0.107. The fourth-order valence-electron chi connectivity index (χ4n) is 4.08. The minimum absolute atomic E-state index is 0.0203. The summed E-state index contributed by atoms with van der Waals surface area (Å²) in [7, 11) is 1.64. The van der Waals surface area contributed by atoms with Gasteiger partial charge in [-0.25, -0.2) is 14.4 Å². The number of nitrogen functional groups attached to an aromatic ring is 1. The maximum absolute atomic E-state index is 14.9. The maximum Gasteiger partial charge on any atom is 0.282 e. The summed E-state index contributed by atoms with van der Waals surface area (Å²) in [4.78, 5) is 24.2. The van der Waals surface area contributed by atoms with Crippen LogP contribution >= 0.6 is 0 Å². The lowest BCUT2D eigenvalue weighted by atomic mass is 10.0. The molecule has 0 aliphatic carbocycles. The van der Waals surface area contributed by atoms with Crippen LogP contribution in [0.5, 0.6) is 0 Å². The number of nitrogens with two attached hydrogens (primary N) is 1. The third-order valence-corrected chi connectivity index (χ3v) is 5.74. The first kappa shape index (κ1) is 22.4. The molecule has 0 bridgehead atoms. The van der Waals surface area contributed by atoms with Crippen molar-refractivity contribution in [3.05, 3.63) is 113 Å². The predicted molar refractivity (Wildman–Crippen MR) is 136 cm³/mol. The van der Waals surface area contributed by atoms with E-state index in [-0.39, 0.29) is 22.9 Å². The molecule has 0 unspecified atom stereocenters. The van der Waals surface area contributed by atoms with Gasteiger partial charge in [-0.05, 0) is 41.0 Å². The molecule has 3 aromatic carbocycles. The molecule has 0 spiro atoms. The van der Waals surface area contributed by atoms with Gasteiger partial charge in [0.15, 0.2) is 11.7 Å². The van der Waals surface area contributed by atoms with Crippen LogP contribution in [0, 0.1) is 5.82 Å². The number of fused-ring (bicyclic) bond motifs is 1. The van der Waals surface area contributed by atoms with Crippen molar-refractivity contribution in [1.29, 1.82) is 0 Å². The summed E-state index contributed by atoms with van der Waals surface area (Å²) < 4.78 is 20.1. The van der Waals surface area contributed by atoms with Crippen LogP contribution < -0.4 is 5.73 Å². The third kappa shape index (κ3) is 4.54. The van der Waals surface area contributed by atoms with Gasteiger partial charge in [0.25, 0.3) is 5.91 Å². The van der Waals surface area contributed by atoms with E-state index in [2.05, 4.69) is 4.99 Å². The number of carbonyl (C=O) groups is 1. The summed E-state index contributed by atoms with van der Waals surface area (Å²) in [6.07, 6.45) is 3.69. The monoisotopic (exact) mass is 466 g/mol. The van der Waals surface area contributed by atoms with Crippen LogP contribution in [0.2, 0.25) is 0 Å². The molecule has 35 heavy (non-hydrogen) atoms. The minimum Gasteiger partial charge on any atom is -0.396 e. The van der Waals surface area contributed by atoms with Crippen molar-refractivity contribution < 1.29 is 13.9 Å². The van der Waals surface area contributed by atoms with E-state index in [4.69, 9.17) is 15.5 Å². The zero-order chi connectivity index (χ0) is 24.4. The molecule has 5 rings (SSSR count). The van der Waals surface area contributed by atoms with Crippen LogP contribution in [0.25, 0.3) is 11.8 Å². The van der Waals surface area contributed by atoms with Gasteiger partial charge in [0.05, 0.1) is 23.7 Å². The van der Waals surface area contributed by atoms with Crippen LogP contribution in [0.1, 0.15) is 22.3 Å². The molecular formula is C28H23FN4O2. The van der Waals surface area contributed by atoms with Crippen LogP contribution in [-0.4, -0.2) is 29.5 Å². The number of methoxy groups -OCH3 is 1. The summed E-state index contributed by atoms with van der Waals surface area (Å²) in [6.45, 7) is 0.470. The van der Waals surface area contributed by atoms with E-state index >= 15 is 0 Å². The first-order chi connectivity index (χ1) is 17.0. The second-order valence-electron chi connectivity index (χ2n) is 8.26. The number of ether oxygens (including phenoxy) is 1. The van der Waals surface area contributed by atoms with Gasteiger partial charge < -0.3 is 10.5 Å². The van der Waals surface area contributed by atoms with Crippen molar-refractivity contribution in [1.82, 2.24) is 4.90 Å². The Morgan fingerprint density at radius 3 is 2.57 bits per heavy atom. The molecule has 0 aromatic heterocycles. The molecule has 0 atom stereocenters. The fourth-order valence-corrected chi connectivity index (χ4v) is 4.08. The number of benzene rings is 3. The molecule has 0 saturated heterocycles. The Balaban J connectivity index is 1.58. The Bertz CT molecular complexity index is 1420. The molecule has 2 heterocycles. The molecular weight excluding hydrogens is 443 g/mol. The standard InChI is InChI=1S/C28H23FN4O2/c1-35-17-20-10-5-9-19(13-20)15-24-28(34)33-16-25(21-11-6-12-22(30)26(21)29)31-23(27(33)32-24)14-18-7-3-2-4-8-18/h2-13,15-16H,14,17,30H2,1H3/b24-15-. The molecule has 3 aromatic rings. The SMILES string of the molecule is COCc1cccc(/C=C2\N=C3C(Cc4ccccc4)=NC(c4cccc(N)c4F)=CN3C2=O)c1. The summed E-state index contributed by atoms with van der Waals surface area (Å²) >= 11 is 0. The number of amides is 1. The van der Waals surface area contributed by atoms with E-state index in [1.807, 2.05) is 54.6 Å². The molecule has 0 radical (unpaired) electrons. The van der Waals surface area contributed by atoms with Gasteiger partial charge in [-0.1, -0.05) is 54.6 Å². The van der Waals surface area contributed by atoms with Crippen LogP contribution in [0.15, 0.2) is 94.7 Å². The van der Waals surface area contributed by atoms with Crippen molar-refractivity contribution >= 4 is 34.9 Å². The molecule has 0 fully saturated rings. The van der Waals surface area contributed by atoms with Gasteiger partial charge in [-0.2, -0.15) is 0 Å². The van der Waals surface area contributed by atoms with Crippen molar-refractivity contribution in [2.45, 2.75) is 13.0 Å². The van der Waals surface area contributed by atoms with Gasteiger partial charge in [0.2, 0.25) is 0 Å². The zero-order valence-corrected chi connectivity index (χ0v) is 19.1. The van der Waals surface area contributed by atoms with E-state index in [1.54, 1.807) is 25.3 Å². The average Bonchev–Trinajstić information content (AvgIpc) is 3.17. The third-order valence-electron chi connectivity index (χ3n) is 5.74. The summed E-state index contributed by atoms with van der Waals surface area (Å²) in [6, 6.07) is 22.2. The second-order valence-corrected chi connectivity index (χ2v) is 8.26. The highest BCUT2D eigenvalue weighted by Crippen LogP contribution is 2.31. The minimum atomic E-state index is -0.570. The Hall–Kier alpha value is -4.36. The van der Waals surface area contributed by atoms with Crippen molar-refractivity contribution in [2.75, 3.05) is 12.8 Å². The number of aliphatic imine (C=N–C) groups is 2. The van der Waals surface area contributed by atoms with Gasteiger partial charge >= 0.3 is 0 Å². The lowest BCUT2D eigenvalue weighted by molar-refractivity contribution is -0.120. The van der Waals surface area contributed by atoms with Crippen LogP contribution in [-0.2, 0) is 22.6 Å². The first-order valence-electron chi connectivity index (χ1n) is 11.1. The van der Waals surface area contributed by atoms with E-state index < -0.39 is 5.82 Å². The summed E-state index contributed by atoms with van der Waals surface area (Å²) in [5.74, 6) is -0.440. The number of anilines is 1. The number of nitrogens with zero attached hydrogens (tertiary/aromatic N) is 3. The lowest BCUT2D eigenvalue weighted by Crippen LogP contribution is -2.36. The van der Waals surface area contributed by atoms with Crippen LogP contribution in [0.4, 0.5) is 10.1 Å². The van der Waals surface area contributed by atoms with E-state index in [9.17, 15) is 9.18 Å². The molecule has 0 saturated carbocycles. The molecule has 7 heteroatoms. The van der Waals surface area contributed by atoms with Gasteiger partial charge in [-0.3, -0.25) is 9.69 Å². The summed E-state index contributed by atoms with van der Waals surface area (Å²) in [5, 5.41) is 0. The van der Waals surface area contributed by atoms with E-state index in [0.29, 0.717) is 30.3 Å². The molecule has 2 aliphatic heterocycles. The number of amidine groups is 1. The Kier molecular flexibility index (Phi) is 6.08. The molecule has 6 nitrogen and oxygen atoms in total. The van der Waals surface area contributed by atoms with E-state index in [0.717, 1.165) is 16.7 Å². The number of hydrogen-bond donors (Lipinski definition) is 1. The largest absolute Gasteiger partial charge is 0.396 e. The van der Waals surface area contributed by atoms with Gasteiger partial charge in [0, 0.05) is 25.3 Å². The normalized spacial score (nSPS) is 16.2. The predicted octanol–water partition coefficient (Wildman–Crippen LogP) is 4.83. The number of hydrogen-bond acceptors (Lipinski definition) is 5. The highest BCUT2D eigenvalue weighted by molar-refractivity contribution is 6.48. The Morgan fingerprint density at radius 2 is 1.77 bits per heavy atom. The molecule has 2 N–H and O–H groups in total. The highest BCUT2D eigenvalue weighted by atomic mass is 19.1. The molecule has 174 valence electrons. The lowest BCUT2D eigenvalue weighted by Gasteiger charge is -2.22. The molecule has 1 amide bonds. The van der Waals surface area contributed by atoms with Crippen molar-refractivity contribution in [3.8, 4) is 0 Å². The number of rotatable bonds is 6. The topological polar surface area (TPSA) is 80.3 Å². The number of halogens is 1. The first-order valence-corrected chi connectivity index (χ1v) is 11.1. The average molecular weight is 467 g/mol. The quantitative estimate of drug-likeness (QED) is 0.417. The zero-order valence-electron chi connectivity index (χ0n) is 19.1.